The lowest BCUT2D eigenvalue weighted by Crippen LogP contribution is -2.10. The molecule has 1 aromatic carbocycles. The normalized spacial score (nSPS) is 17.9. The molecule has 16 heavy (non-hydrogen) atoms. The van der Waals surface area contributed by atoms with Crippen LogP contribution in [0.4, 0.5) is 8.78 Å². The Morgan fingerprint density at radius 1 is 1.25 bits per heavy atom. The van der Waals surface area contributed by atoms with E-state index in [9.17, 15) is 8.78 Å². The maximum atomic E-state index is 13.4. The number of halogens is 2. The fourth-order valence-electron chi connectivity index (χ4n) is 1.93. The van der Waals surface area contributed by atoms with Crippen LogP contribution in [-0.2, 0) is 0 Å². The van der Waals surface area contributed by atoms with Crippen LogP contribution in [-0.4, -0.2) is 0 Å². The summed E-state index contributed by atoms with van der Waals surface area (Å²) in [7, 11) is 0. The minimum Gasteiger partial charge on any atom is -0.456 e. The number of benzene rings is 1. The van der Waals surface area contributed by atoms with Crippen molar-refractivity contribution in [3.05, 3.63) is 35.6 Å². The van der Waals surface area contributed by atoms with Crippen LogP contribution in [0, 0.1) is 17.6 Å². The van der Waals surface area contributed by atoms with Gasteiger partial charge >= 0.3 is 0 Å². The molecule has 2 aromatic rings. The van der Waals surface area contributed by atoms with Crippen LogP contribution in [0.1, 0.15) is 24.6 Å². The molecule has 0 amide bonds. The van der Waals surface area contributed by atoms with E-state index in [-0.39, 0.29) is 17.0 Å². The molecule has 1 heterocycles. The first-order valence-electron chi connectivity index (χ1n) is 5.30. The molecule has 2 N–H and O–H groups in total. The Morgan fingerprint density at radius 2 is 1.94 bits per heavy atom. The van der Waals surface area contributed by atoms with Gasteiger partial charge in [0.15, 0.2) is 11.4 Å². The smallest absolute Gasteiger partial charge is 0.172 e. The summed E-state index contributed by atoms with van der Waals surface area (Å²) in [6, 6.07) is 3.43. The average Bonchev–Trinajstić information content (AvgIpc) is 3.01. The first-order valence-corrected chi connectivity index (χ1v) is 5.30. The summed E-state index contributed by atoms with van der Waals surface area (Å²) in [5, 5.41) is 0.172. The van der Waals surface area contributed by atoms with E-state index in [0.29, 0.717) is 11.7 Å². The highest BCUT2D eigenvalue weighted by atomic mass is 19.1. The van der Waals surface area contributed by atoms with Gasteiger partial charge in [-0.3, -0.25) is 0 Å². The number of furan rings is 1. The van der Waals surface area contributed by atoms with Crippen LogP contribution in [0.2, 0.25) is 0 Å². The molecule has 1 atom stereocenters. The first kappa shape index (κ1) is 9.78. The third-order valence-corrected chi connectivity index (χ3v) is 3.06. The van der Waals surface area contributed by atoms with Crippen molar-refractivity contribution < 1.29 is 13.2 Å². The van der Waals surface area contributed by atoms with Crippen LogP contribution >= 0.6 is 0 Å². The van der Waals surface area contributed by atoms with Crippen molar-refractivity contribution in [3.63, 3.8) is 0 Å². The molecule has 1 aromatic heterocycles. The molecule has 4 heteroatoms. The number of hydrogen-bond donors (Lipinski definition) is 1. The summed E-state index contributed by atoms with van der Waals surface area (Å²) < 4.78 is 32.1. The Kier molecular flexibility index (Phi) is 2.01. The van der Waals surface area contributed by atoms with Crippen LogP contribution in [0.3, 0.4) is 0 Å². The summed E-state index contributed by atoms with van der Waals surface area (Å²) in [5.41, 5.74) is 5.89. The van der Waals surface area contributed by atoms with E-state index in [2.05, 4.69) is 0 Å². The second kappa shape index (κ2) is 3.28. The van der Waals surface area contributed by atoms with Crippen molar-refractivity contribution >= 4 is 11.0 Å². The van der Waals surface area contributed by atoms with Gasteiger partial charge in [0.1, 0.15) is 11.6 Å². The van der Waals surface area contributed by atoms with Gasteiger partial charge in [-0.05, 0) is 37.0 Å². The van der Waals surface area contributed by atoms with Gasteiger partial charge in [-0.2, -0.15) is 0 Å². The van der Waals surface area contributed by atoms with Gasteiger partial charge in [0.2, 0.25) is 0 Å². The zero-order chi connectivity index (χ0) is 11.3. The molecular formula is C12H11F2NO. The molecule has 1 saturated carbocycles. The molecule has 2 nitrogen and oxygen atoms in total. The Bertz CT molecular complexity index is 506. The SMILES string of the molecule is NC(c1cc2c(F)ccc(F)c2o1)C1CC1. The van der Waals surface area contributed by atoms with Crippen molar-refractivity contribution in [3.8, 4) is 0 Å². The molecule has 84 valence electrons. The highest BCUT2D eigenvalue weighted by Crippen LogP contribution is 2.41. The van der Waals surface area contributed by atoms with Gasteiger partial charge in [0.05, 0.1) is 11.4 Å². The van der Waals surface area contributed by atoms with Gasteiger partial charge < -0.3 is 10.2 Å². The highest BCUT2D eigenvalue weighted by molar-refractivity contribution is 5.79. The molecule has 0 bridgehead atoms. The quantitative estimate of drug-likeness (QED) is 0.849. The molecule has 1 unspecified atom stereocenters. The van der Waals surface area contributed by atoms with Crippen molar-refractivity contribution in [2.24, 2.45) is 11.7 Å². The summed E-state index contributed by atoms with van der Waals surface area (Å²) in [5.74, 6) is -0.159. The minimum absolute atomic E-state index is 0.0360. The highest BCUT2D eigenvalue weighted by Gasteiger charge is 2.32. The first-order chi connectivity index (χ1) is 7.66. The van der Waals surface area contributed by atoms with Gasteiger partial charge in [0, 0.05) is 0 Å². The molecule has 0 aliphatic heterocycles. The zero-order valence-electron chi connectivity index (χ0n) is 8.54. The van der Waals surface area contributed by atoms with Crippen LogP contribution in [0.15, 0.2) is 22.6 Å². The van der Waals surface area contributed by atoms with E-state index in [1.165, 1.54) is 6.07 Å². The standard InChI is InChI=1S/C12H11F2NO/c13-8-3-4-9(14)12-7(8)5-10(16-12)11(15)6-1-2-6/h3-6,11H,1-2,15H2. The monoisotopic (exact) mass is 223 g/mol. The lowest BCUT2D eigenvalue weighted by Gasteiger charge is -2.04. The van der Waals surface area contributed by atoms with Crippen molar-refractivity contribution in [1.82, 2.24) is 0 Å². The third kappa shape index (κ3) is 1.41. The summed E-state index contributed by atoms with van der Waals surface area (Å²) >= 11 is 0. The van der Waals surface area contributed by atoms with E-state index in [4.69, 9.17) is 10.2 Å². The van der Waals surface area contributed by atoms with Gasteiger partial charge in [-0.15, -0.1) is 0 Å². The Balaban J connectivity index is 2.14. The molecule has 0 spiro atoms. The number of rotatable bonds is 2. The van der Waals surface area contributed by atoms with Gasteiger partial charge in [-0.1, -0.05) is 0 Å². The molecule has 1 fully saturated rings. The summed E-state index contributed by atoms with van der Waals surface area (Å²) in [6.07, 6.45) is 2.12. The van der Waals surface area contributed by atoms with E-state index in [0.717, 1.165) is 25.0 Å². The minimum atomic E-state index is -0.550. The van der Waals surface area contributed by atoms with Gasteiger partial charge in [0.25, 0.3) is 0 Å². The lowest BCUT2D eigenvalue weighted by atomic mass is 10.1. The van der Waals surface area contributed by atoms with E-state index in [1.54, 1.807) is 0 Å². The molecule has 0 radical (unpaired) electrons. The third-order valence-electron chi connectivity index (χ3n) is 3.06. The van der Waals surface area contributed by atoms with E-state index >= 15 is 0 Å². The Labute approximate surface area is 91.0 Å². The maximum Gasteiger partial charge on any atom is 0.172 e. The second-order valence-electron chi connectivity index (χ2n) is 4.28. The number of fused-ring (bicyclic) bond motifs is 1. The van der Waals surface area contributed by atoms with E-state index in [1.807, 2.05) is 0 Å². The zero-order valence-corrected chi connectivity index (χ0v) is 8.54. The second-order valence-corrected chi connectivity index (χ2v) is 4.28. The predicted molar refractivity (Wildman–Crippen MR) is 55.8 cm³/mol. The molecule has 1 aliphatic carbocycles. The van der Waals surface area contributed by atoms with Crippen molar-refractivity contribution in [1.29, 1.82) is 0 Å². The maximum absolute atomic E-state index is 13.4. The fourth-order valence-corrected chi connectivity index (χ4v) is 1.93. The largest absolute Gasteiger partial charge is 0.456 e. The molecule has 3 rings (SSSR count). The van der Waals surface area contributed by atoms with Crippen molar-refractivity contribution in [2.75, 3.05) is 0 Å². The Morgan fingerprint density at radius 3 is 2.56 bits per heavy atom. The topological polar surface area (TPSA) is 39.2 Å². The van der Waals surface area contributed by atoms with Gasteiger partial charge in [-0.25, -0.2) is 8.78 Å². The number of nitrogens with two attached hydrogens (primary N) is 1. The summed E-state index contributed by atoms with van der Waals surface area (Å²) in [6.45, 7) is 0. The molecule has 1 aliphatic rings. The number of hydrogen-bond acceptors (Lipinski definition) is 2. The molecular weight excluding hydrogens is 212 g/mol. The predicted octanol–water partition coefficient (Wildman–Crippen LogP) is 3.12. The summed E-state index contributed by atoms with van der Waals surface area (Å²) in [4.78, 5) is 0. The van der Waals surface area contributed by atoms with E-state index < -0.39 is 11.6 Å². The van der Waals surface area contributed by atoms with Crippen molar-refractivity contribution in [2.45, 2.75) is 18.9 Å². The fraction of sp³-hybridized carbons (Fsp3) is 0.333. The Hall–Kier alpha value is -1.42. The van der Waals surface area contributed by atoms with Crippen LogP contribution in [0.5, 0.6) is 0 Å². The average molecular weight is 223 g/mol. The van der Waals surface area contributed by atoms with Crippen LogP contribution in [0.25, 0.3) is 11.0 Å². The lowest BCUT2D eigenvalue weighted by molar-refractivity contribution is 0.455. The molecule has 0 saturated heterocycles. The van der Waals surface area contributed by atoms with Crippen LogP contribution < -0.4 is 5.73 Å².